The molecule has 1 atom stereocenters. The molecule has 4 aromatic rings. The number of oxime groups is 1. The zero-order valence-electron chi connectivity index (χ0n) is 28.6. The van der Waals surface area contributed by atoms with E-state index in [-0.39, 0.29) is 79.2 Å². The van der Waals surface area contributed by atoms with Crippen LogP contribution in [-0.4, -0.2) is 92.5 Å². The number of carboxylic acid groups (broad SMARTS) is 1. The molecule has 1 unspecified atom stereocenters. The lowest BCUT2D eigenvalue weighted by Gasteiger charge is -2.41. The number of methoxy groups -OCH3 is 1. The number of anilines is 2. The van der Waals surface area contributed by atoms with Gasteiger partial charge in [0.05, 0.1) is 36.4 Å². The third-order valence-electron chi connectivity index (χ3n) is 9.47. The number of amides is 2. The first-order valence-electron chi connectivity index (χ1n) is 16.8. The number of aromatic nitrogens is 4. The van der Waals surface area contributed by atoms with Gasteiger partial charge in [0.2, 0.25) is 11.3 Å². The number of carboxylic acids is 1. The first-order chi connectivity index (χ1) is 24.5. The first-order valence-corrected chi connectivity index (χ1v) is 16.8. The van der Waals surface area contributed by atoms with Crippen LogP contribution in [0.4, 0.5) is 15.8 Å². The molecule has 2 fully saturated rings. The Balaban J connectivity index is 1.07. The van der Waals surface area contributed by atoms with Gasteiger partial charge in [-0.15, -0.1) is 5.10 Å². The van der Waals surface area contributed by atoms with Gasteiger partial charge in [-0.1, -0.05) is 22.0 Å². The van der Waals surface area contributed by atoms with Gasteiger partial charge in [-0.05, 0) is 51.8 Å². The van der Waals surface area contributed by atoms with Gasteiger partial charge < -0.3 is 33.9 Å². The monoisotopic (exact) mass is 700 g/mol. The predicted octanol–water partition coefficient (Wildman–Crippen LogP) is 3.11. The van der Waals surface area contributed by atoms with Gasteiger partial charge in [0.25, 0.3) is 5.91 Å². The van der Waals surface area contributed by atoms with Crippen molar-refractivity contribution in [2.24, 2.45) is 5.16 Å². The topological polar surface area (TPSA) is 165 Å². The van der Waals surface area contributed by atoms with Crippen molar-refractivity contribution in [3.8, 4) is 5.75 Å². The number of aromatic carboxylic acids is 1. The Labute approximate surface area is 291 Å². The summed E-state index contributed by atoms with van der Waals surface area (Å²) in [5.74, 6) is -2.47. The van der Waals surface area contributed by atoms with Crippen LogP contribution >= 0.6 is 0 Å². The Bertz CT molecular complexity index is 2170. The summed E-state index contributed by atoms with van der Waals surface area (Å²) >= 11 is 0. The van der Waals surface area contributed by atoms with E-state index in [1.165, 1.54) is 18.0 Å². The molecule has 1 N–H and O–H groups in total. The fourth-order valence-electron chi connectivity index (χ4n) is 6.94. The summed E-state index contributed by atoms with van der Waals surface area (Å²) in [6, 6.07) is 6.38. The summed E-state index contributed by atoms with van der Waals surface area (Å²) in [6.45, 7) is 6.76. The number of nitrogens with zero attached hydrogens (tertiary/aromatic N) is 8. The first kappa shape index (κ1) is 33.7. The van der Waals surface area contributed by atoms with Crippen molar-refractivity contribution < 1.29 is 33.5 Å². The molecule has 4 heterocycles. The quantitative estimate of drug-likeness (QED) is 0.243. The number of ether oxygens (including phenoxy) is 1. The molecule has 2 amide bonds. The molecule has 51 heavy (non-hydrogen) atoms. The lowest BCUT2D eigenvalue weighted by molar-refractivity contribution is -0.134. The Kier molecular flexibility index (Phi) is 8.69. The molecule has 0 spiro atoms. The van der Waals surface area contributed by atoms with Crippen molar-refractivity contribution in [3.05, 3.63) is 75.1 Å². The van der Waals surface area contributed by atoms with Crippen molar-refractivity contribution in [3.63, 3.8) is 0 Å². The molecule has 1 saturated carbocycles. The van der Waals surface area contributed by atoms with Crippen LogP contribution in [0.15, 0.2) is 46.6 Å². The average Bonchev–Trinajstić information content (AvgIpc) is 3.80. The number of carbonyl (C=O) groups excluding carboxylic acids is 2. The van der Waals surface area contributed by atoms with Gasteiger partial charge >= 0.3 is 5.97 Å². The number of halogens is 1. The average molecular weight is 701 g/mol. The Morgan fingerprint density at radius 3 is 2.61 bits per heavy atom. The van der Waals surface area contributed by atoms with Crippen molar-refractivity contribution in [2.75, 3.05) is 43.2 Å². The maximum atomic E-state index is 15.9. The summed E-state index contributed by atoms with van der Waals surface area (Å²) in [6.07, 6.45) is 4.54. The number of hydrogen-bond donors (Lipinski definition) is 1. The standard InChI is InChI=1S/C35H37FN8O7/c1-5-51-38-29-23-12-19(2)6-9-27(23)44(34(29)47)16-21-15-41(39-37-21)18-28(45)42-11-10-40(14-20(42)3)31-26(36)13-24-30(33(31)50-4)43(22-7-8-22)17-25(32(24)46)35(48)49/h6,9,12-13,15,17,20,22H,5,7-8,10-11,14,16,18H2,1-4H3,(H,48,49)/b38-29+. The summed E-state index contributed by atoms with van der Waals surface area (Å²) in [5, 5.41) is 22.0. The molecule has 1 saturated heterocycles. The minimum Gasteiger partial charge on any atom is -0.492 e. The molecule has 2 aliphatic heterocycles. The fourth-order valence-corrected chi connectivity index (χ4v) is 6.94. The lowest BCUT2D eigenvalue weighted by atomic mass is 10.1. The number of benzene rings is 2. The Morgan fingerprint density at radius 1 is 1.14 bits per heavy atom. The van der Waals surface area contributed by atoms with Crippen LogP contribution in [0.5, 0.6) is 5.75 Å². The molecule has 266 valence electrons. The highest BCUT2D eigenvalue weighted by atomic mass is 19.1. The van der Waals surface area contributed by atoms with E-state index in [1.54, 1.807) is 32.4 Å². The zero-order valence-corrected chi connectivity index (χ0v) is 28.6. The summed E-state index contributed by atoms with van der Waals surface area (Å²) in [4.78, 5) is 62.0. The maximum Gasteiger partial charge on any atom is 0.341 e. The highest BCUT2D eigenvalue weighted by Gasteiger charge is 2.37. The van der Waals surface area contributed by atoms with Crippen LogP contribution in [0.3, 0.4) is 0 Å². The number of aryl methyl sites for hydroxylation is 1. The number of pyridine rings is 1. The van der Waals surface area contributed by atoms with Crippen LogP contribution in [0.2, 0.25) is 0 Å². The minimum absolute atomic E-state index is 0.0215. The second-order valence-corrected chi connectivity index (χ2v) is 13.0. The molecule has 0 radical (unpaired) electrons. The summed E-state index contributed by atoms with van der Waals surface area (Å²) in [7, 11) is 1.40. The van der Waals surface area contributed by atoms with Crippen LogP contribution in [-0.2, 0) is 27.5 Å². The van der Waals surface area contributed by atoms with Crippen LogP contribution in [0, 0.1) is 12.7 Å². The fraction of sp³-hybridized carbons (Fsp3) is 0.400. The molecule has 1 aliphatic carbocycles. The zero-order chi connectivity index (χ0) is 36.1. The van der Waals surface area contributed by atoms with E-state index in [2.05, 4.69) is 15.5 Å². The van der Waals surface area contributed by atoms with E-state index in [9.17, 15) is 24.3 Å². The van der Waals surface area contributed by atoms with Crippen LogP contribution in [0.1, 0.15) is 59.9 Å². The second kappa shape index (κ2) is 13.2. The summed E-state index contributed by atoms with van der Waals surface area (Å²) in [5.41, 5.74) is 2.35. The number of piperazine rings is 1. The molecule has 3 aliphatic rings. The molecule has 16 heteroatoms. The molecule has 2 aromatic heterocycles. The predicted molar refractivity (Wildman–Crippen MR) is 184 cm³/mol. The Morgan fingerprint density at radius 2 is 1.92 bits per heavy atom. The highest BCUT2D eigenvalue weighted by Crippen LogP contribution is 2.44. The third-order valence-corrected chi connectivity index (χ3v) is 9.47. The largest absolute Gasteiger partial charge is 0.492 e. The molecule has 2 aromatic carbocycles. The molecular formula is C35H37FN8O7. The minimum atomic E-state index is -1.37. The van der Waals surface area contributed by atoms with Crippen molar-refractivity contribution in [1.82, 2.24) is 24.5 Å². The second-order valence-electron chi connectivity index (χ2n) is 13.0. The number of fused-ring (bicyclic) bond motifs is 2. The van der Waals surface area contributed by atoms with Gasteiger partial charge in [0.15, 0.2) is 17.3 Å². The van der Waals surface area contributed by atoms with Crippen molar-refractivity contribution in [1.29, 1.82) is 0 Å². The van der Waals surface area contributed by atoms with Crippen LogP contribution in [0.25, 0.3) is 10.9 Å². The smallest absolute Gasteiger partial charge is 0.341 e. The lowest BCUT2D eigenvalue weighted by Crippen LogP contribution is -2.55. The summed E-state index contributed by atoms with van der Waals surface area (Å²) < 4.78 is 24.8. The maximum absolute atomic E-state index is 15.9. The van der Waals surface area contributed by atoms with E-state index < -0.39 is 22.8 Å². The van der Waals surface area contributed by atoms with E-state index >= 15 is 4.39 Å². The highest BCUT2D eigenvalue weighted by molar-refractivity contribution is 6.54. The van der Waals surface area contributed by atoms with Gasteiger partial charge in [0.1, 0.15) is 30.1 Å². The van der Waals surface area contributed by atoms with E-state index in [4.69, 9.17) is 9.57 Å². The third kappa shape index (κ3) is 6.04. The number of hydrogen-bond acceptors (Lipinski definition) is 10. The normalized spacial score (nSPS) is 18.1. The van der Waals surface area contributed by atoms with Gasteiger partial charge in [-0.3, -0.25) is 14.4 Å². The molecule has 15 nitrogen and oxygen atoms in total. The van der Waals surface area contributed by atoms with Crippen LogP contribution < -0.4 is 20.0 Å². The molecular weight excluding hydrogens is 663 g/mol. The number of rotatable bonds is 10. The Hall–Kier alpha value is -5.80. The molecule has 0 bridgehead atoms. The van der Waals surface area contributed by atoms with Gasteiger partial charge in [-0.25, -0.2) is 13.9 Å². The van der Waals surface area contributed by atoms with Gasteiger partial charge in [-0.2, -0.15) is 0 Å². The molecule has 7 rings (SSSR count). The van der Waals surface area contributed by atoms with E-state index in [0.29, 0.717) is 29.1 Å². The number of carbonyl (C=O) groups is 3. The van der Waals surface area contributed by atoms with E-state index in [0.717, 1.165) is 24.5 Å². The van der Waals surface area contributed by atoms with Crippen molar-refractivity contribution >= 4 is 45.8 Å². The van der Waals surface area contributed by atoms with E-state index in [1.807, 2.05) is 32.0 Å². The van der Waals surface area contributed by atoms with Gasteiger partial charge in [0, 0.05) is 43.5 Å². The van der Waals surface area contributed by atoms with Crippen molar-refractivity contribution in [2.45, 2.75) is 58.8 Å². The SMILES string of the molecule is CCO/N=C1/C(=O)N(Cc2cn(CC(=O)N3CCN(c4c(F)cc5c(=O)c(C(=O)O)cn(C6CC6)c5c4OC)CC3C)nn2)c2ccc(C)cc21.